The van der Waals surface area contributed by atoms with E-state index in [-0.39, 0.29) is 54.6 Å². The van der Waals surface area contributed by atoms with E-state index in [1.807, 2.05) is 27.7 Å². The van der Waals surface area contributed by atoms with Crippen molar-refractivity contribution in [2.24, 2.45) is 17.8 Å². The van der Waals surface area contributed by atoms with Crippen molar-refractivity contribution in [3.05, 3.63) is 36.4 Å². The van der Waals surface area contributed by atoms with Gasteiger partial charge in [-0.1, -0.05) is 105 Å². The molecule has 0 saturated heterocycles. The van der Waals surface area contributed by atoms with E-state index in [2.05, 4.69) is 42.8 Å². The zero-order chi connectivity index (χ0) is 39.0. The molecular formula is C41H69N7O5. The van der Waals surface area contributed by atoms with Gasteiger partial charge in [0, 0.05) is 67.8 Å². The van der Waals surface area contributed by atoms with E-state index in [1.165, 1.54) is 76.9 Å². The molecule has 0 unspecified atom stereocenters. The van der Waals surface area contributed by atoms with Crippen molar-refractivity contribution in [3.8, 4) is 0 Å². The second-order valence-electron chi connectivity index (χ2n) is 15.5. The van der Waals surface area contributed by atoms with Crippen molar-refractivity contribution in [2.45, 2.75) is 175 Å². The van der Waals surface area contributed by atoms with Crippen molar-refractivity contribution >= 4 is 29.3 Å². The standard InChI is InChI=1S/C41H69N7O5/c1-7-8-9-10-11-12-13-14-15-16-17-18-19-20-38(51)47-35(24-34-26-43-28-45-34)36(49)21-31(6)40(52)48-39(29(2)3)37(50)23-32(41(53)46-30(4)5)22-33-25-42-27-44-33/h25-32,35,39H,7-24H2,1-6H3,(H,42,44)(H,43,45)(H,46,53)(H,47,51)(H,48,52)/t31-,32-,35+,39-/m1/s1. The molecule has 2 aromatic rings. The van der Waals surface area contributed by atoms with Crippen LogP contribution in [0.1, 0.15) is 156 Å². The Morgan fingerprint density at radius 1 is 0.623 bits per heavy atom. The number of hydrogen-bond donors (Lipinski definition) is 5. The van der Waals surface area contributed by atoms with E-state index in [0.29, 0.717) is 18.5 Å². The Hall–Kier alpha value is -3.83. The zero-order valence-corrected chi connectivity index (χ0v) is 33.4. The molecule has 4 atom stereocenters. The molecule has 298 valence electrons. The molecule has 12 heteroatoms. The summed E-state index contributed by atoms with van der Waals surface area (Å²) in [6.07, 6.45) is 22.9. The van der Waals surface area contributed by atoms with Gasteiger partial charge in [-0.3, -0.25) is 24.0 Å². The number of imidazole rings is 2. The average molecular weight is 740 g/mol. The fourth-order valence-corrected chi connectivity index (χ4v) is 6.57. The molecule has 0 bridgehead atoms. The number of unbranched alkanes of at least 4 members (excludes halogenated alkanes) is 12. The number of carbonyl (C=O) groups excluding carboxylic acids is 5. The average Bonchev–Trinajstić information content (AvgIpc) is 3.83. The van der Waals surface area contributed by atoms with Gasteiger partial charge in [0.05, 0.1) is 30.7 Å². The maximum Gasteiger partial charge on any atom is 0.224 e. The van der Waals surface area contributed by atoms with Crippen LogP contribution in [0.2, 0.25) is 0 Å². The minimum atomic E-state index is -0.836. The highest BCUT2D eigenvalue weighted by molar-refractivity contribution is 5.95. The third kappa shape index (κ3) is 19.2. The molecule has 2 heterocycles. The first-order valence-corrected chi connectivity index (χ1v) is 20.3. The molecule has 5 N–H and O–H groups in total. The fourth-order valence-electron chi connectivity index (χ4n) is 6.57. The molecular weight excluding hydrogens is 670 g/mol. The molecule has 12 nitrogen and oxygen atoms in total. The minimum Gasteiger partial charge on any atom is -0.354 e. The quantitative estimate of drug-likeness (QED) is 0.0552. The van der Waals surface area contributed by atoms with Crippen LogP contribution in [0.3, 0.4) is 0 Å². The van der Waals surface area contributed by atoms with E-state index in [0.717, 1.165) is 25.0 Å². The first-order valence-electron chi connectivity index (χ1n) is 20.3. The normalized spacial score (nSPS) is 13.7. The number of hydrogen-bond acceptors (Lipinski definition) is 7. The zero-order valence-electron chi connectivity index (χ0n) is 33.4. The highest BCUT2D eigenvalue weighted by Crippen LogP contribution is 2.18. The van der Waals surface area contributed by atoms with Gasteiger partial charge >= 0.3 is 0 Å². The largest absolute Gasteiger partial charge is 0.354 e. The van der Waals surface area contributed by atoms with Crippen LogP contribution >= 0.6 is 0 Å². The number of Topliss-reactive ketones (excluding diaryl/α,β-unsaturated/α-hetero) is 2. The van der Waals surface area contributed by atoms with Crippen LogP contribution in [0.25, 0.3) is 0 Å². The highest BCUT2D eigenvalue weighted by atomic mass is 16.2. The van der Waals surface area contributed by atoms with Crippen molar-refractivity contribution in [1.29, 1.82) is 0 Å². The van der Waals surface area contributed by atoms with Crippen molar-refractivity contribution in [3.63, 3.8) is 0 Å². The van der Waals surface area contributed by atoms with Crippen LogP contribution in [-0.4, -0.2) is 67.3 Å². The van der Waals surface area contributed by atoms with Crippen LogP contribution < -0.4 is 16.0 Å². The third-order valence-electron chi connectivity index (χ3n) is 9.75. The second kappa shape index (κ2) is 26.0. The maximum absolute atomic E-state index is 13.6. The van der Waals surface area contributed by atoms with Gasteiger partial charge in [0.15, 0.2) is 11.6 Å². The molecule has 0 aliphatic carbocycles. The summed E-state index contributed by atoms with van der Waals surface area (Å²) in [7, 11) is 0. The summed E-state index contributed by atoms with van der Waals surface area (Å²) in [6.45, 7) is 11.3. The summed E-state index contributed by atoms with van der Waals surface area (Å²) < 4.78 is 0. The second-order valence-corrected chi connectivity index (χ2v) is 15.5. The maximum atomic E-state index is 13.6. The van der Waals surface area contributed by atoms with Gasteiger partial charge in [0.2, 0.25) is 17.7 Å². The Balaban J connectivity index is 1.88. The number of nitrogens with one attached hydrogen (secondary N) is 5. The number of aromatic amines is 2. The molecule has 0 aliphatic rings. The first-order chi connectivity index (χ1) is 25.4. The molecule has 0 fully saturated rings. The third-order valence-corrected chi connectivity index (χ3v) is 9.75. The number of amides is 3. The van der Waals surface area contributed by atoms with Crippen LogP contribution in [0, 0.1) is 17.8 Å². The SMILES string of the molecule is CCCCCCCCCCCCCCCC(=O)N[C@@H](Cc1cnc[nH]1)C(=O)C[C@@H](C)C(=O)N[C@@H](C(=O)C[C@@H](Cc1cnc[nH]1)C(=O)NC(C)C)C(C)C. The summed E-state index contributed by atoms with van der Waals surface area (Å²) in [5.74, 6) is -3.01. The number of rotatable bonds is 30. The molecule has 2 rings (SSSR count). The number of nitrogens with zero attached hydrogens (tertiary/aromatic N) is 2. The Morgan fingerprint density at radius 2 is 1.15 bits per heavy atom. The van der Waals surface area contributed by atoms with E-state index >= 15 is 0 Å². The molecule has 0 radical (unpaired) electrons. The molecule has 2 aromatic heterocycles. The summed E-state index contributed by atoms with van der Waals surface area (Å²) in [5.41, 5.74) is 1.44. The van der Waals surface area contributed by atoms with E-state index < -0.39 is 29.8 Å². The highest BCUT2D eigenvalue weighted by Gasteiger charge is 2.32. The van der Waals surface area contributed by atoms with Crippen molar-refractivity contribution < 1.29 is 24.0 Å². The van der Waals surface area contributed by atoms with Gasteiger partial charge in [-0.15, -0.1) is 0 Å². The van der Waals surface area contributed by atoms with Gasteiger partial charge in [-0.05, 0) is 26.2 Å². The fraction of sp³-hybridized carbons (Fsp3) is 0.732. The van der Waals surface area contributed by atoms with Crippen LogP contribution in [0.4, 0.5) is 0 Å². The number of aromatic nitrogens is 4. The summed E-state index contributed by atoms with van der Waals surface area (Å²) in [6, 6.07) is -1.75. The minimum absolute atomic E-state index is 0.0639. The Bertz CT molecular complexity index is 1330. The molecule has 53 heavy (non-hydrogen) atoms. The lowest BCUT2D eigenvalue weighted by Gasteiger charge is -2.26. The summed E-state index contributed by atoms with van der Waals surface area (Å²) >= 11 is 0. The van der Waals surface area contributed by atoms with Crippen molar-refractivity contribution in [2.75, 3.05) is 0 Å². The van der Waals surface area contributed by atoms with Gasteiger partial charge in [0.25, 0.3) is 0 Å². The Morgan fingerprint density at radius 3 is 1.64 bits per heavy atom. The molecule has 0 spiro atoms. The van der Waals surface area contributed by atoms with Crippen LogP contribution in [-0.2, 0) is 36.8 Å². The molecule has 0 aliphatic heterocycles. The van der Waals surface area contributed by atoms with Crippen molar-refractivity contribution in [1.82, 2.24) is 35.9 Å². The molecule has 0 aromatic carbocycles. The number of ketones is 2. The Kier molecular flexibility index (Phi) is 22.3. The smallest absolute Gasteiger partial charge is 0.224 e. The van der Waals surface area contributed by atoms with Gasteiger partial charge < -0.3 is 25.9 Å². The predicted octanol–water partition coefficient (Wildman–Crippen LogP) is 6.72. The predicted molar refractivity (Wildman–Crippen MR) is 209 cm³/mol. The van der Waals surface area contributed by atoms with Gasteiger partial charge in [-0.25, -0.2) is 9.97 Å². The Labute approximate surface area is 318 Å². The van der Waals surface area contributed by atoms with Gasteiger partial charge in [-0.2, -0.15) is 0 Å². The van der Waals surface area contributed by atoms with Gasteiger partial charge in [0.1, 0.15) is 0 Å². The van der Waals surface area contributed by atoms with Crippen LogP contribution in [0.15, 0.2) is 25.0 Å². The topological polar surface area (TPSA) is 179 Å². The summed E-state index contributed by atoms with van der Waals surface area (Å²) in [4.78, 5) is 80.6. The van der Waals surface area contributed by atoms with E-state index in [9.17, 15) is 24.0 Å². The number of carbonyl (C=O) groups is 5. The molecule has 3 amide bonds. The lowest BCUT2D eigenvalue weighted by Crippen LogP contribution is -2.49. The first kappa shape index (κ1) is 45.3. The van der Waals surface area contributed by atoms with Crippen LogP contribution in [0.5, 0.6) is 0 Å². The van der Waals surface area contributed by atoms with E-state index in [1.54, 1.807) is 19.3 Å². The lowest BCUT2D eigenvalue weighted by atomic mass is 9.89. The monoisotopic (exact) mass is 740 g/mol. The van der Waals surface area contributed by atoms with E-state index in [4.69, 9.17) is 0 Å². The number of H-pyrrole nitrogens is 2. The summed E-state index contributed by atoms with van der Waals surface area (Å²) in [5, 5.41) is 8.67. The lowest BCUT2D eigenvalue weighted by molar-refractivity contribution is -0.135. The molecule has 0 saturated carbocycles.